The summed E-state index contributed by atoms with van der Waals surface area (Å²) in [6.45, 7) is 0.918. The minimum Gasteiger partial charge on any atom is -0.398 e. The lowest BCUT2D eigenvalue weighted by Crippen LogP contribution is -2.31. The third-order valence-corrected chi connectivity index (χ3v) is 3.58. The summed E-state index contributed by atoms with van der Waals surface area (Å²) >= 11 is 0. The van der Waals surface area contributed by atoms with E-state index in [0.717, 1.165) is 30.2 Å². The molecule has 18 heavy (non-hydrogen) atoms. The maximum atomic E-state index is 12.5. The number of benzene rings is 2. The van der Waals surface area contributed by atoms with Gasteiger partial charge in [-0.05, 0) is 36.2 Å². The van der Waals surface area contributed by atoms with Gasteiger partial charge < -0.3 is 11.1 Å². The van der Waals surface area contributed by atoms with Crippen molar-refractivity contribution in [1.29, 1.82) is 0 Å². The van der Waals surface area contributed by atoms with E-state index in [9.17, 15) is 4.79 Å². The van der Waals surface area contributed by atoms with E-state index < -0.39 is 0 Å². The highest BCUT2D eigenvalue weighted by atomic mass is 16.1. The molecule has 0 radical (unpaired) electrons. The van der Waals surface area contributed by atoms with Crippen LogP contribution in [0.3, 0.4) is 0 Å². The lowest BCUT2D eigenvalue weighted by molar-refractivity contribution is 0.0955. The molecule has 0 saturated carbocycles. The molecule has 3 nitrogen and oxygen atoms in total. The van der Waals surface area contributed by atoms with E-state index in [1.807, 2.05) is 36.4 Å². The smallest absolute Gasteiger partial charge is 0.182 e. The van der Waals surface area contributed by atoms with E-state index in [1.54, 1.807) is 0 Å². The fraction of sp³-hybridized carbons (Fsp3) is 0.267. The highest BCUT2D eigenvalue weighted by Crippen LogP contribution is 2.26. The predicted octanol–water partition coefficient (Wildman–Crippen LogP) is 2.36. The summed E-state index contributed by atoms with van der Waals surface area (Å²) in [5.41, 5.74) is 7.26. The molecule has 1 fully saturated rings. The number of Topliss-reactive ketones (excluding diaryl/α,β-unsaturated/α-hetero) is 1. The maximum Gasteiger partial charge on any atom is 0.182 e. The molecule has 0 amide bonds. The number of rotatable bonds is 2. The van der Waals surface area contributed by atoms with Gasteiger partial charge in [-0.3, -0.25) is 4.79 Å². The molecule has 3 heteroatoms. The average Bonchev–Trinajstić information content (AvgIpc) is 2.92. The van der Waals surface area contributed by atoms with Crippen molar-refractivity contribution in [1.82, 2.24) is 5.32 Å². The van der Waals surface area contributed by atoms with Crippen molar-refractivity contribution in [3.05, 3.63) is 42.0 Å². The van der Waals surface area contributed by atoms with Crippen LogP contribution >= 0.6 is 0 Å². The van der Waals surface area contributed by atoms with E-state index in [0.29, 0.717) is 11.3 Å². The lowest BCUT2D eigenvalue weighted by atomic mass is 9.95. The SMILES string of the molecule is Nc1ccc2ccccc2c1C(=O)[C@@H]1CCCN1. The molecule has 3 N–H and O–H groups in total. The number of hydrogen-bond donors (Lipinski definition) is 2. The topological polar surface area (TPSA) is 55.1 Å². The molecule has 3 rings (SSSR count). The van der Waals surface area contributed by atoms with Gasteiger partial charge in [0.15, 0.2) is 5.78 Å². The Morgan fingerprint density at radius 3 is 2.83 bits per heavy atom. The third kappa shape index (κ3) is 1.77. The molecule has 1 saturated heterocycles. The summed E-state index contributed by atoms with van der Waals surface area (Å²) < 4.78 is 0. The summed E-state index contributed by atoms with van der Waals surface area (Å²) in [5.74, 6) is 0.127. The first-order chi connectivity index (χ1) is 8.77. The molecule has 0 spiro atoms. The Morgan fingerprint density at radius 2 is 2.06 bits per heavy atom. The molecule has 1 aliphatic rings. The van der Waals surface area contributed by atoms with E-state index in [4.69, 9.17) is 5.73 Å². The van der Waals surface area contributed by atoms with Crippen LogP contribution < -0.4 is 11.1 Å². The Hall–Kier alpha value is -1.87. The van der Waals surface area contributed by atoms with Gasteiger partial charge in [0.1, 0.15) is 0 Å². The second-order valence-electron chi connectivity index (χ2n) is 4.76. The van der Waals surface area contributed by atoms with Gasteiger partial charge in [0.2, 0.25) is 0 Å². The molecular weight excluding hydrogens is 224 g/mol. The number of ketones is 1. The molecule has 0 aliphatic carbocycles. The van der Waals surface area contributed by atoms with Gasteiger partial charge in [-0.15, -0.1) is 0 Å². The number of nitrogens with one attached hydrogen (secondary N) is 1. The highest BCUT2D eigenvalue weighted by Gasteiger charge is 2.25. The first-order valence-electron chi connectivity index (χ1n) is 6.32. The first-order valence-corrected chi connectivity index (χ1v) is 6.32. The van der Waals surface area contributed by atoms with Crippen LogP contribution in [0.2, 0.25) is 0 Å². The standard InChI is InChI=1S/C15H16N2O/c16-12-8-7-10-4-1-2-5-11(10)14(12)15(18)13-6-3-9-17-13/h1-2,4-5,7-8,13,17H,3,6,9,16H2/t13-/m0/s1. The fourth-order valence-corrected chi connectivity index (χ4v) is 2.65. The van der Waals surface area contributed by atoms with Crippen molar-refractivity contribution in [3.63, 3.8) is 0 Å². The summed E-state index contributed by atoms with van der Waals surface area (Å²) in [7, 11) is 0. The molecule has 0 aromatic heterocycles. The van der Waals surface area contributed by atoms with Crippen molar-refractivity contribution in [3.8, 4) is 0 Å². The molecule has 1 aliphatic heterocycles. The summed E-state index contributed by atoms with van der Waals surface area (Å²) in [5, 5.41) is 5.26. The Morgan fingerprint density at radius 1 is 1.22 bits per heavy atom. The van der Waals surface area contributed by atoms with Crippen LogP contribution in [0.4, 0.5) is 5.69 Å². The second kappa shape index (κ2) is 4.42. The summed E-state index contributed by atoms with van der Waals surface area (Å²) in [4.78, 5) is 12.5. The Kier molecular flexibility index (Phi) is 2.76. The zero-order valence-corrected chi connectivity index (χ0v) is 10.1. The number of nitrogens with two attached hydrogens (primary N) is 1. The van der Waals surface area contributed by atoms with Crippen LogP contribution in [-0.4, -0.2) is 18.4 Å². The first kappa shape index (κ1) is 11.2. The summed E-state index contributed by atoms with van der Waals surface area (Å²) in [6.07, 6.45) is 1.96. The number of anilines is 1. The number of carbonyl (C=O) groups excluding carboxylic acids is 1. The van der Waals surface area contributed by atoms with Crippen molar-refractivity contribution < 1.29 is 4.79 Å². The minimum atomic E-state index is -0.0712. The van der Waals surface area contributed by atoms with E-state index >= 15 is 0 Å². The molecular formula is C15H16N2O. The van der Waals surface area contributed by atoms with Crippen molar-refractivity contribution in [2.75, 3.05) is 12.3 Å². The van der Waals surface area contributed by atoms with Crippen LogP contribution in [0.5, 0.6) is 0 Å². The molecule has 0 unspecified atom stereocenters. The number of nitrogen functional groups attached to an aromatic ring is 1. The van der Waals surface area contributed by atoms with Gasteiger partial charge in [-0.2, -0.15) is 0 Å². The molecule has 1 atom stereocenters. The predicted molar refractivity (Wildman–Crippen MR) is 73.7 cm³/mol. The Labute approximate surface area is 106 Å². The maximum absolute atomic E-state index is 12.5. The van der Waals surface area contributed by atoms with Gasteiger partial charge in [-0.25, -0.2) is 0 Å². The minimum absolute atomic E-state index is 0.0712. The van der Waals surface area contributed by atoms with Crippen LogP contribution in [0.25, 0.3) is 10.8 Å². The number of carbonyl (C=O) groups is 1. The van der Waals surface area contributed by atoms with Gasteiger partial charge in [0.25, 0.3) is 0 Å². The third-order valence-electron chi connectivity index (χ3n) is 3.58. The van der Waals surface area contributed by atoms with E-state index in [2.05, 4.69) is 5.32 Å². The zero-order chi connectivity index (χ0) is 12.5. The summed E-state index contributed by atoms with van der Waals surface area (Å²) in [6, 6.07) is 11.6. The van der Waals surface area contributed by atoms with Crippen LogP contribution in [-0.2, 0) is 0 Å². The van der Waals surface area contributed by atoms with Gasteiger partial charge >= 0.3 is 0 Å². The van der Waals surface area contributed by atoms with E-state index in [-0.39, 0.29) is 11.8 Å². The molecule has 0 bridgehead atoms. The average molecular weight is 240 g/mol. The number of hydrogen-bond acceptors (Lipinski definition) is 3. The molecule has 2 aromatic carbocycles. The Balaban J connectivity index is 2.14. The molecule has 2 aromatic rings. The van der Waals surface area contributed by atoms with Crippen molar-refractivity contribution in [2.45, 2.75) is 18.9 Å². The second-order valence-corrected chi connectivity index (χ2v) is 4.76. The zero-order valence-electron chi connectivity index (χ0n) is 10.1. The van der Waals surface area contributed by atoms with Gasteiger partial charge in [-0.1, -0.05) is 30.3 Å². The van der Waals surface area contributed by atoms with Crippen LogP contribution in [0.1, 0.15) is 23.2 Å². The van der Waals surface area contributed by atoms with Crippen LogP contribution in [0, 0.1) is 0 Å². The Bertz CT molecular complexity index is 600. The number of fused-ring (bicyclic) bond motifs is 1. The highest BCUT2D eigenvalue weighted by molar-refractivity contribution is 6.14. The molecule has 1 heterocycles. The van der Waals surface area contributed by atoms with Crippen molar-refractivity contribution in [2.24, 2.45) is 0 Å². The largest absolute Gasteiger partial charge is 0.398 e. The van der Waals surface area contributed by atoms with E-state index in [1.165, 1.54) is 0 Å². The molecule has 92 valence electrons. The lowest BCUT2D eigenvalue weighted by Gasteiger charge is -2.13. The fourth-order valence-electron chi connectivity index (χ4n) is 2.65. The van der Waals surface area contributed by atoms with Gasteiger partial charge in [0.05, 0.1) is 6.04 Å². The normalized spacial score (nSPS) is 19.2. The van der Waals surface area contributed by atoms with Crippen molar-refractivity contribution >= 4 is 22.2 Å². The van der Waals surface area contributed by atoms with Crippen LogP contribution in [0.15, 0.2) is 36.4 Å². The monoisotopic (exact) mass is 240 g/mol. The van der Waals surface area contributed by atoms with Gasteiger partial charge in [0, 0.05) is 11.3 Å². The quantitative estimate of drug-likeness (QED) is 0.626.